The van der Waals surface area contributed by atoms with Gasteiger partial charge in [-0.2, -0.15) is 0 Å². The second-order valence-corrected chi connectivity index (χ2v) is 4.82. The van der Waals surface area contributed by atoms with E-state index in [4.69, 9.17) is 0 Å². The average Bonchev–Trinajstić information content (AvgIpc) is 2.14. The van der Waals surface area contributed by atoms with Crippen molar-refractivity contribution in [2.45, 2.75) is 38.6 Å². The Hall–Kier alpha value is -0.770. The molecule has 16 heavy (non-hydrogen) atoms. The predicted molar refractivity (Wildman–Crippen MR) is 66.6 cm³/mol. The molecule has 0 unspecified atom stereocenters. The number of unbranched alkanes of at least 4 members (excludes halogenated alkanes) is 3. The van der Waals surface area contributed by atoms with Gasteiger partial charge < -0.3 is 15.1 Å². The lowest BCUT2D eigenvalue weighted by Crippen LogP contribution is -2.61. The van der Waals surface area contributed by atoms with Gasteiger partial charge in [0.15, 0.2) is 0 Å². The third kappa shape index (κ3) is 4.00. The second-order valence-electron chi connectivity index (χ2n) is 4.82. The van der Waals surface area contributed by atoms with Crippen LogP contribution in [0.4, 0.5) is 4.79 Å². The van der Waals surface area contributed by atoms with Gasteiger partial charge in [-0.15, -0.1) is 0 Å². The van der Waals surface area contributed by atoms with Crippen LogP contribution in [0.5, 0.6) is 0 Å². The Labute approximate surface area is 99.0 Å². The fourth-order valence-corrected chi connectivity index (χ4v) is 1.81. The van der Waals surface area contributed by atoms with E-state index >= 15 is 0 Å². The van der Waals surface area contributed by atoms with Gasteiger partial charge in [0.25, 0.3) is 0 Å². The lowest BCUT2D eigenvalue weighted by atomic mass is 10.1. The van der Waals surface area contributed by atoms with E-state index in [2.05, 4.69) is 31.2 Å². The summed E-state index contributed by atoms with van der Waals surface area (Å²) in [4.78, 5) is 15.7. The van der Waals surface area contributed by atoms with E-state index in [9.17, 15) is 4.79 Å². The maximum Gasteiger partial charge on any atom is 0.317 e. The van der Waals surface area contributed by atoms with Gasteiger partial charge in [0, 0.05) is 25.7 Å². The van der Waals surface area contributed by atoms with Gasteiger partial charge in [-0.1, -0.05) is 26.2 Å². The Morgan fingerprint density at radius 1 is 1.31 bits per heavy atom. The maximum absolute atomic E-state index is 11.6. The van der Waals surface area contributed by atoms with Gasteiger partial charge >= 0.3 is 6.03 Å². The number of carbonyl (C=O) groups is 1. The van der Waals surface area contributed by atoms with Crippen LogP contribution in [0.3, 0.4) is 0 Å². The molecule has 4 heteroatoms. The van der Waals surface area contributed by atoms with Gasteiger partial charge in [-0.25, -0.2) is 4.79 Å². The Morgan fingerprint density at radius 2 is 2.00 bits per heavy atom. The molecule has 4 nitrogen and oxygen atoms in total. The summed E-state index contributed by atoms with van der Waals surface area (Å²) in [5.74, 6) is 0. The lowest BCUT2D eigenvalue weighted by Gasteiger charge is -2.42. The zero-order valence-corrected chi connectivity index (χ0v) is 10.8. The Kier molecular flexibility index (Phi) is 5.60. The van der Waals surface area contributed by atoms with Gasteiger partial charge in [0.05, 0.1) is 0 Å². The fraction of sp³-hybridized carbons (Fsp3) is 0.917. The summed E-state index contributed by atoms with van der Waals surface area (Å²) in [6, 6.07) is 0.653. The van der Waals surface area contributed by atoms with Crippen LogP contribution in [0, 0.1) is 0 Å². The molecule has 0 aliphatic carbocycles. The van der Waals surface area contributed by atoms with Crippen LogP contribution in [0.25, 0.3) is 0 Å². The van der Waals surface area contributed by atoms with Crippen LogP contribution in [-0.2, 0) is 0 Å². The van der Waals surface area contributed by atoms with E-state index in [-0.39, 0.29) is 6.03 Å². The molecule has 1 saturated heterocycles. The molecule has 0 aromatic rings. The number of nitrogens with one attached hydrogen (secondary N) is 1. The van der Waals surface area contributed by atoms with Crippen molar-refractivity contribution in [1.29, 1.82) is 0 Å². The summed E-state index contributed by atoms with van der Waals surface area (Å²) in [5, 5.41) is 2.97. The fourth-order valence-electron chi connectivity index (χ4n) is 1.81. The molecule has 1 aliphatic rings. The summed E-state index contributed by atoms with van der Waals surface area (Å²) < 4.78 is 0. The summed E-state index contributed by atoms with van der Waals surface area (Å²) >= 11 is 0. The highest BCUT2D eigenvalue weighted by atomic mass is 16.2. The average molecular weight is 227 g/mol. The molecule has 0 radical (unpaired) electrons. The van der Waals surface area contributed by atoms with Crippen LogP contribution in [0.15, 0.2) is 0 Å². The summed E-state index contributed by atoms with van der Waals surface area (Å²) in [6.45, 7) is 4.75. The quantitative estimate of drug-likeness (QED) is 0.698. The number of carbonyl (C=O) groups excluding carboxylic acids is 1. The minimum absolute atomic E-state index is 0.106. The van der Waals surface area contributed by atoms with E-state index in [1.807, 2.05) is 4.90 Å². The maximum atomic E-state index is 11.6. The van der Waals surface area contributed by atoms with Crippen LogP contribution < -0.4 is 5.32 Å². The molecule has 0 aromatic heterocycles. The van der Waals surface area contributed by atoms with Crippen LogP contribution in [0.2, 0.25) is 0 Å². The van der Waals surface area contributed by atoms with Crippen LogP contribution in [-0.4, -0.2) is 55.6 Å². The van der Waals surface area contributed by atoms with Crippen molar-refractivity contribution in [2.75, 3.05) is 33.7 Å². The number of rotatable bonds is 6. The third-order valence-corrected chi connectivity index (χ3v) is 3.19. The molecule has 0 saturated carbocycles. The van der Waals surface area contributed by atoms with Gasteiger partial charge in [0.1, 0.15) is 0 Å². The van der Waals surface area contributed by atoms with Crippen molar-refractivity contribution in [1.82, 2.24) is 15.1 Å². The molecule has 1 fully saturated rings. The van der Waals surface area contributed by atoms with Crippen molar-refractivity contribution in [3.8, 4) is 0 Å². The van der Waals surface area contributed by atoms with E-state index in [0.29, 0.717) is 6.04 Å². The number of hydrogen-bond donors (Lipinski definition) is 1. The van der Waals surface area contributed by atoms with Crippen molar-refractivity contribution < 1.29 is 4.79 Å². The zero-order chi connectivity index (χ0) is 12.0. The van der Waals surface area contributed by atoms with Crippen molar-refractivity contribution in [3.05, 3.63) is 0 Å². The van der Waals surface area contributed by atoms with Gasteiger partial charge in [0.2, 0.25) is 0 Å². The van der Waals surface area contributed by atoms with Crippen molar-refractivity contribution in [3.63, 3.8) is 0 Å². The molecule has 0 aromatic carbocycles. The van der Waals surface area contributed by atoms with Crippen LogP contribution >= 0.6 is 0 Å². The molecule has 1 heterocycles. The molecular formula is C12H25N3O. The molecule has 94 valence electrons. The highest BCUT2D eigenvalue weighted by molar-refractivity contribution is 5.75. The SMILES string of the molecule is CCCCCCNC(=O)N1CC(N(C)C)C1. The highest BCUT2D eigenvalue weighted by Crippen LogP contribution is 2.11. The van der Waals surface area contributed by atoms with Gasteiger partial charge in [-0.05, 0) is 20.5 Å². The minimum atomic E-state index is 0.106. The molecule has 2 amide bonds. The van der Waals surface area contributed by atoms with Crippen molar-refractivity contribution in [2.24, 2.45) is 0 Å². The van der Waals surface area contributed by atoms with E-state index in [1.54, 1.807) is 0 Å². The second kappa shape index (κ2) is 6.74. The first-order valence-corrected chi connectivity index (χ1v) is 6.34. The number of amides is 2. The Morgan fingerprint density at radius 3 is 2.56 bits per heavy atom. The number of likely N-dealkylation sites (tertiary alicyclic amines) is 1. The first-order valence-electron chi connectivity index (χ1n) is 6.34. The van der Waals surface area contributed by atoms with Crippen LogP contribution in [0.1, 0.15) is 32.6 Å². The first kappa shape index (κ1) is 13.3. The molecule has 0 bridgehead atoms. The molecule has 0 atom stereocenters. The number of urea groups is 1. The zero-order valence-electron chi connectivity index (χ0n) is 10.8. The Bertz CT molecular complexity index is 212. The smallest absolute Gasteiger partial charge is 0.317 e. The third-order valence-electron chi connectivity index (χ3n) is 3.19. The van der Waals surface area contributed by atoms with E-state index < -0.39 is 0 Å². The van der Waals surface area contributed by atoms with Gasteiger partial charge in [-0.3, -0.25) is 0 Å². The standard InChI is InChI=1S/C12H25N3O/c1-4-5-6-7-8-13-12(16)15-9-11(10-15)14(2)3/h11H,4-10H2,1-3H3,(H,13,16). The largest absolute Gasteiger partial charge is 0.338 e. The predicted octanol–water partition coefficient (Wildman–Crippen LogP) is 1.52. The monoisotopic (exact) mass is 227 g/mol. The number of hydrogen-bond acceptors (Lipinski definition) is 2. The Balaban J connectivity index is 2.00. The molecule has 1 rings (SSSR count). The number of nitrogens with zero attached hydrogens (tertiary/aromatic N) is 2. The topological polar surface area (TPSA) is 35.6 Å². The summed E-state index contributed by atoms with van der Waals surface area (Å²) in [6.07, 6.45) is 4.83. The van der Waals surface area contributed by atoms with E-state index in [0.717, 1.165) is 26.1 Å². The van der Waals surface area contributed by atoms with Crippen molar-refractivity contribution >= 4 is 6.03 Å². The molecule has 1 N–H and O–H groups in total. The highest BCUT2D eigenvalue weighted by Gasteiger charge is 2.31. The van der Waals surface area contributed by atoms with E-state index in [1.165, 1.54) is 19.3 Å². The minimum Gasteiger partial charge on any atom is -0.338 e. The molecule has 1 aliphatic heterocycles. The number of likely N-dealkylation sites (N-methyl/N-ethyl adjacent to an activating group) is 1. The summed E-state index contributed by atoms with van der Waals surface area (Å²) in [5.41, 5.74) is 0. The normalized spacial score (nSPS) is 16.4. The molecular weight excluding hydrogens is 202 g/mol. The molecule has 0 spiro atoms. The first-order chi connectivity index (χ1) is 7.65. The summed E-state index contributed by atoms with van der Waals surface area (Å²) in [7, 11) is 4.12. The lowest BCUT2D eigenvalue weighted by molar-refractivity contribution is 0.0872.